The highest BCUT2D eigenvalue weighted by molar-refractivity contribution is 6.05. The molecule has 262 valence electrons. The minimum atomic E-state index is -4.64. The molecule has 12 nitrogen and oxygen atoms in total. The number of anilines is 5. The van der Waals surface area contributed by atoms with Gasteiger partial charge in [0.15, 0.2) is 11.5 Å². The number of carbonyl (C=O) groups excluding carboxylic acids is 2. The van der Waals surface area contributed by atoms with Crippen LogP contribution in [-0.2, 0) is 18.0 Å². The van der Waals surface area contributed by atoms with Crippen molar-refractivity contribution in [2.24, 2.45) is 7.05 Å². The van der Waals surface area contributed by atoms with Gasteiger partial charge < -0.3 is 31.1 Å². The quantitative estimate of drug-likeness (QED) is 0.142. The van der Waals surface area contributed by atoms with E-state index in [1.165, 1.54) is 13.0 Å². The second-order valence-electron chi connectivity index (χ2n) is 12.7. The molecule has 0 radical (unpaired) electrons. The molecular formula is C34H43F3N10O2. The number of halogens is 3. The number of hydrogen-bond donors (Lipinski definition) is 4. The van der Waals surface area contributed by atoms with Crippen LogP contribution in [0.25, 0.3) is 11.0 Å². The molecule has 1 aliphatic heterocycles. The fourth-order valence-electron chi connectivity index (χ4n) is 5.79. The third kappa shape index (κ3) is 9.16. The number of aromatic nitrogens is 4. The first-order valence-electron chi connectivity index (χ1n) is 16.3. The van der Waals surface area contributed by atoms with E-state index in [1.807, 2.05) is 25.9 Å². The molecule has 15 heteroatoms. The molecule has 0 saturated carbocycles. The van der Waals surface area contributed by atoms with Crippen molar-refractivity contribution >= 4 is 51.7 Å². The van der Waals surface area contributed by atoms with E-state index >= 15 is 0 Å². The molecule has 0 atom stereocenters. The molecule has 5 rings (SSSR count). The molecule has 4 aromatic rings. The predicted octanol–water partition coefficient (Wildman–Crippen LogP) is 5.55. The number of hydrogen-bond acceptors (Lipinski definition) is 9. The SMILES string of the molecule is CC(=O)NC1CCN(c2cc(C(=O)Nc3ccc(C)c(Nc4nn(C)c5nc(NCCCCN(C)C)ncc45)c3)cc(C(F)(F)F)c2)CC1. The number of nitrogens with zero attached hydrogens (tertiary/aromatic N) is 6. The van der Waals surface area contributed by atoms with Gasteiger partial charge in [0.05, 0.1) is 10.9 Å². The lowest BCUT2D eigenvalue weighted by Gasteiger charge is -2.34. The van der Waals surface area contributed by atoms with Crippen LogP contribution in [0.2, 0.25) is 0 Å². The lowest BCUT2D eigenvalue weighted by molar-refractivity contribution is -0.137. The maximum absolute atomic E-state index is 13.9. The third-order valence-corrected chi connectivity index (χ3v) is 8.42. The van der Waals surface area contributed by atoms with E-state index in [1.54, 1.807) is 36.1 Å². The second kappa shape index (κ2) is 15.1. The van der Waals surface area contributed by atoms with Crippen LogP contribution in [0.5, 0.6) is 0 Å². The highest BCUT2D eigenvalue weighted by atomic mass is 19.4. The number of nitrogens with one attached hydrogen (secondary N) is 4. The summed E-state index contributed by atoms with van der Waals surface area (Å²) >= 11 is 0. The number of benzene rings is 2. The Morgan fingerprint density at radius 2 is 1.82 bits per heavy atom. The Labute approximate surface area is 283 Å². The summed E-state index contributed by atoms with van der Waals surface area (Å²) in [5.74, 6) is 0.220. The van der Waals surface area contributed by atoms with Gasteiger partial charge in [-0.1, -0.05) is 6.07 Å². The lowest BCUT2D eigenvalue weighted by atomic mass is 10.0. The van der Waals surface area contributed by atoms with Crippen LogP contribution in [0.15, 0.2) is 42.6 Å². The summed E-state index contributed by atoms with van der Waals surface area (Å²) < 4.78 is 43.4. The van der Waals surface area contributed by atoms with E-state index < -0.39 is 17.6 Å². The summed E-state index contributed by atoms with van der Waals surface area (Å²) in [5.41, 5.74) is 1.82. The van der Waals surface area contributed by atoms with E-state index in [4.69, 9.17) is 0 Å². The van der Waals surface area contributed by atoms with Gasteiger partial charge in [-0.2, -0.15) is 23.3 Å². The molecule has 2 aromatic carbocycles. The van der Waals surface area contributed by atoms with Crippen molar-refractivity contribution in [3.63, 3.8) is 0 Å². The van der Waals surface area contributed by atoms with E-state index in [9.17, 15) is 22.8 Å². The second-order valence-corrected chi connectivity index (χ2v) is 12.7. The highest BCUT2D eigenvalue weighted by Gasteiger charge is 2.33. The van der Waals surface area contributed by atoms with Crippen LogP contribution in [0.1, 0.15) is 54.1 Å². The van der Waals surface area contributed by atoms with Crippen molar-refractivity contribution in [2.45, 2.75) is 51.7 Å². The van der Waals surface area contributed by atoms with E-state index in [-0.39, 0.29) is 17.5 Å². The van der Waals surface area contributed by atoms with Crippen LogP contribution in [0.4, 0.5) is 42.0 Å². The standard InChI is InChI=1S/C34H43F3N10O2/c1-21-8-9-26(19-29(21)42-30-28-20-39-33(43-31(28)46(5)44-30)38-12-6-7-13-45(3)4)41-32(49)23-16-24(34(35,36)37)18-27(17-23)47-14-10-25(11-15-47)40-22(2)48/h8-9,16-20,25H,6-7,10-15H2,1-5H3,(H,40,48)(H,41,49)(H,42,44)(H,38,39,43). The van der Waals surface area contributed by atoms with E-state index in [0.29, 0.717) is 65.8 Å². The number of alkyl halides is 3. The van der Waals surface area contributed by atoms with Gasteiger partial charge in [-0.3, -0.25) is 9.59 Å². The van der Waals surface area contributed by atoms with Gasteiger partial charge in [0.1, 0.15) is 0 Å². The van der Waals surface area contributed by atoms with Crippen LogP contribution in [0, 0.1) is 6.92 Å². The molecule has 0 bridgehead atoms. The van der Waals surface area contributed by atoms with Crippen LogP contribution in [0.3, 0.4) is 0 Å². The van der Waals surface area contributed by atoms with Gasteiger partial charge >= 0.3 is 6.18 Å². The van der Waals surface area contributed by atoms with E-state index in [2.05, 4.69) is 41.2 Å². The van der Waals surface area contributed by atoms with Crippen LogP contribution in [-0.4, -0.2) is 82.8 Å². The Kier molecular flexibility index (Phi) is 10.9. The fraction of sp³-hybridized carbons (Fsp3) is 0.441. The number of fused-ring (bicyclic) bond motifs is 1. The average molecular weight is 681 g/mol. The zero-order valence-electron chi connectivity index (χ0n) is 28.4. The topological polar surface area (TPSA) is 132 Å². The Bertz CT molecular complexity index is 1800. The summed E-state index contributed by atoms with van der Waals surface area (Å²) in [4.78, 5) is 37.9. The average Bonchev–Trinajstić information content (AvgIpc) is 3.35. The Hall–Kier alpha value is -4.92. The molecule has 49 heavy (non-hydrogen) atoms. The molecule has 0 unspecified atom stereocenters. The molecule has 1 fully saturated rings. The van der Waals surface area contributed by atoms with Crippen molar-refractivity contribution in [3.8, 4) is 0 Å². The Morgan fingerprint density at radius 1 is 1.06 bits per heavy atom. The van der Waals surface area contributed by atoms with Gasteiger partial charge in [0.25, 0.3) is 5.91 Å². The molecule has 2 aromatic heterocycles. The monoisotopic (exact) mass is 680 g/mol. The first-order valence-corrected chi connectivity index (χ1v) is 16.3. The summed E-state index contributed by atoms with van der Waals surface area (Å²) in [6.07, 6.45) is 0.279. The zero-order valence-corrected chi connectivity index (χ0v) is 28.4. The van der Waals surface area contributed by atoms with Crippen molar-refractivity contribution in [1.82, 2.24) is 30.0 Å². The summed E-state index contributed by atoms with van der Waals surface area (Å²) in [6.45, 7) is 5.99. The molecule has 1 aliphatic rings. The molecule has 1 saturated heterocycles. The van der Waals surface area contributed by atoms with Gasteiger partial charge in [-0.25, -0.2) is 9.67 Å². The molecule has 4 N–H and O–H groups in total. The van der Waals surface area contributed by atoms with Gasteiger partial charge in [0, 0.05) is 68.5 Å². The minimum absolute atomic E-state index is 0.0363. The zero-order chi connectivity index (χ0) is 35.3. The highest BCUT2D eigenvalue weighted by Crippen LogP contribution is 2.34. The lowest BCUT2D eigenvalue weighted by Crippen LogP contribution is -2.44. The number of carbonyl (C=O) groups is 2. The van der Waals surface area contributed by atoms with Crippen molar-refractivity contribution < 1.29 is 22.8 Å². The number of rotatable bonds is 12. The number of piperidine rings is 1. The molecule has 2 amide bonds. The van der Waals surface area contributed by atoms with Gasteiger partial charge in [-0.05, 0) is 89.1 Å². The maximum atomic E-state index is 13.9. The van der Waals surface area contributed by atoms with Crippen molar-refractivity contribution in [2.75, 3.05) is 61.1 Å². The minimum Gasteiger partial charge on any atom is -0.371 e. The molecular weight excluding hydrogens is 637 g/mol. The fourth-order valence-corrected chi connectivity index (χ4v) is 5.79. The number of unbranched alkanes of at least 4 members (excludes halogenated alkanes) is 1. The smallest absolute Gasteiger partial charge is 0.371 e. The summed E-state index contributed by atoms with van der Waals surface area (Å²) in [7, 11) is 5.89. The molecule has 0 aliphatic carbocycles. The van der Waals surface area contributed by atoms with Gasteiger partial charge in [-0.15, -0.1) is 0 Å². The van der Waals surface area contributed by atoms with Crippen molar-refractivity contribution in [1.29, 1.82) is 0 Å². The van der Waals surface area contributed by atoms with Crippen molar-refractivity contribution in [3.05, 3.63) is 59.3 Å². The predicted molar refractivity (Wildman–Crippen MR) is 185 cm³/mol. The Balaban J connectivity index is 1.30. The van der Waals surface area contributed by atoms with E-state index in [0.717, 1.165) is 43.6 Å². The molecule has 3 heterocycles. The molecule has 0 spiro atoms. The number of amides is 2. The van der Waals surface area contributed by atoms with Gasteiger partial charge in [0.2, 0.25) is 11.9 Å². The first kappa shape index (κ1) is 35.4. The maximum Gasteiger partial charge on any atom is 0.416 e. The largest absolute Gasteiger partial charge is 0.416 e. The van der Waals surface area contributed by atoms with Crippen LogP contribution < -0.4 is 26.2 Å². The number of aryl methyl sites for hydroxylation is 2. The normalized spacial score (nSPS) is 13.9. The third-order valence-electron chi connectivity index (χ3n) is 8.42. The summed E-state index contributed by atoms with van der Waals surface area (Å²) in [6, 6.07) is 8.57. The first-order chi connectivity index (χ1) is 23.3. The van der Waals surface area contributed by atoms with Crippen LogP contribution >= 0.6 is 0 Å². The summed E-state index contributed by atoms with van der Waals surface area (Å²) in [5, 5.41) is 17.5. The Morgan fingerprint density at radius 3 is 2.51 bits per heavy atom.